The number of amides is 5. The van der Waals surface area contributed by atoms with Crippen molar-refractivity contribution in [2.45, 2.75) is 70.7 Å². The smallest absolute Gasteiger partial charge is 0.411 e. The lowest BCUT2D eigenvalue weighted by atomic mass is 10.0. The molecule has 1 fully saturated rings. The quantitative estimate of drug-likeness (QED) is 0.124. The average molecular weight is 671 g/mol. The molecular weight excluding hydrogens is 633 g/mol. The van der Waals surface area contributed by atoms with Gasteiger partial charge in [0.25, 0.3) is 5.91 Å². The van der Waals surface area contributed by atoms with Gasteiger partial charge in [-0.05, 0) is 44.9 Å². The van der Waals surface area contributed by atoms with Crippen LogP contribution in [-0.4, -0.2) is 76.4 Å². The maximum atomic E-state index is 13.0. The molecule has 14 heteroatoms. The van der Waals surface area contributed by atoms with Crippen LogP contribution in [0.25, 0.3) is 0 Å². The van der Waals surface area contributed by atoms with Crippen LogP contribution in [0.4, 0.5) is 10.5 Å². The molecule has 0 bridgehead atoms. The number of ether oxygens (including phenoxy) is 2. The second-order valence-electron chi connectivity index (χ2n) is 11.7. The highest BCUT2D eigenvalue weighted by molar-refractivity contribution is 8.76. The molecule has 4 rings (SSSR count). The fraction of sp³-hybridized carbons (Fsp3) is 0.438. The van der Waals surface area contributed by atoms with Crippen LogP contribution in [0, 0.1) is 0 Å². The lowest BCUT2D eigenvalue weighted by Gasteiger charge is -2.29. The molecule has 2 aromatic carbocycles. The molecule has 0 spiro atoms. The first kappa shape index (κ1) is 34.8. The van der Waals surface area contributed by atoms with Crippen LogP contribution in [0.1, 0.15) is 61.5 Å². The molecule has 3 N–H and O–H groups in total. The summed E-state index contributed by atoms with van der Waals surface area (Å²) in [5.41, 5.74) is 1.61. The Morgan fingerprint density at radius 3 is 2.48 bits per heavy atom. The van der Waals surface area contributed by atoms with E-state index in [9.17, 15) is 28.8 Å². The van der Waals surface area contributed by atoms with Crippen molar-refractivity contribution < 1.29 is 38.2 Å². The van der Waals surface area contributed by atoms with Crippen molar-refractivity contribution in [3.8, 4) is 0 Å². The lowest BCUT2D eigenvalue weighted by molar-refractivity contribution is -0.158. The molecule has 2 aromatic rings. The van der Waals surface area contributed by atoms with E-state index in [4.69, 9.17) is 9.47 Å². The molecule has 1 saturated heterocycles. The number of anilines is 1. The van der Waals surface area contributed by atoms with Crippen LogP contribution < -0.4 is 16.0 Å². The van der Waals surface area contributed by atoms with Crippen molar-refractivity contribution in [1.82, 2.24) is 15.5 Å². The summed E-state index contributed by atoms with van der Waals surface area (Å²) in [5.74, 6) is -0.983. The highest BCUT2D eigenvalue weighted by Gasteiger charge is 2.40. The molecule has 2 aliphatic rings. The standard InChI is InChI=1S/C32H38N4O8S2/c1-32(2,3)44-30(41)24(18-20-8-5-4-6-9-20)33-27(38)14-16-45-46-17-15-43-31(42)34-23-11-7-10-21-22(23)19-36(29(21)40)25-12-13-26(37)35-28(25)39/h4-11,24-25H,12-19H2,1-3H3,(H,33,38)(H,34,42)(H,35,37,39)/t24-,25?/m0/s1. The van der Waals surface area contributed by atoms with Gasteiger partial charge in [-0.2, -0.15) is 0 Å². The molecule has 2 atom stereocenters. The normalized spacial score (nSPS) is 16.7. The first-order valence-corrected chi connectivity index (χ1v) is 17.4. The number of nitrogens with one attached hydrogen (secondary N) is 3. The van der Waals surface area contributed by atoms with Crippen LogP contribution in [0.5, 0.6) is 0 Å². The van der Waals surface area contributed by atoms with E-state index < -0.39 is 35.7 Å². The molecule has 12 nitrogen and oxygen atoms in total. The van der Waals surface area contributed by atoms with Gasteiger partial charge in [0.15, 0.2) is 0 Å². The molecule has 0 aromatic heterocycles. The number of esters is 1. The monoisotopic (exact) mass is 670 g/mol. The minimum Gasteiger partial charge on any atom is -0.458 e. The van der Waals surface area contributed by atoms with Crippen molar-refractivity contribution in [2.24, 2.45) is 0 Å². The van der Waals surface area contributed by atoms with E-state index >= 15 is 0 Å². The zero-order valence-electron chi connectivity index (χ0n) is 26.0. The van der Waals surface area contributed by atoms with Gasteiger partial charge in [-0.1, -0.05) is 58.0 Å². The molecule has 246 valence electrons. The molecule has 2 aliphatic heterocycles. The Morgan fingerprint density at radius 2 is 1.76 bits per heavy atom. The van der Waals surface area contributed by atoms with Gasteiger partial charge in [0.2, 0.25) is 17.7 Å². The largest absolute Gasteiger partial charge is 0.458 e. The van der Waals surface area contributed by atoms with E-state index in [1.165, 1.54) is 26.5 Å². The van der Waals surface area contributed by atoms with Crippen molar-refractivity contribution in [2.75, 3.05) is 23.4 Å². The van der Waals surface area contributed by atoms with Gasteiger partial charge in [-0.3, -0.25) is 29.8 Å². The summed E-state index contributed by atoms with van der Waals surface area (Å²) in [6.45, 7) is 5.58. The van der Waals surface area contributed by atoms with Crippen molar-refractivity contribution in [3.05, 3.63) is 65.2 Å². The molecular formula is C32H38N4O8S2. The summed E-state index contributed by atoms with van der Waals surface area (Å²) >= 11 is 0. The Bertz CT molecular complexity index is 1460. The third kappa shape index (κ3) is 9.98. The molecule has 0 radical (unpaired) electrons. The van der Waals surface area contributed by atoms with Crippen LogP contribution >= 0.6 is 21.6 Å². The summed E-state index contributed by atoms with van der Waals surface area (Å²) in [5, 5.41) is 7.75. The van der Waals surface area contributed by atoms with Crippen LogP contribution in [0.3, 0.4) is 0 Å². The third-order valence-electron chi connectivity index (χ3n) is 7.02. The summed E-state index contributed by atoms with van der Waals surface area (Å²) < 4.78 is 10.8. The highest BCUT2D eigenvalue weighted by Crippen LogP contribution is 2.32. The van der Waals surface area contributed by atoms with Crippen molar-refractivity contribution in [3.63, 3.8) is 0 Å². The zero-order chi connectivity index (χ0) is 33.3. The maximum Gasteiger partial charge on any atom is 0.411 e. The number of piperidine rings is 1. The van der Waals surface area contributed by atoms with Crippen LogP contribution in [0.2, 0.25) is 0 Å². The van der Waals surface area contributed by atoms with Gasteiger partial charge in [-0.25, -0.2) is 9.59 Å². The van der Waals surface area contributed by atoms with Gasteiger partial charge in [0.05, 0.1) is 0 Å². The van der Waals surface area contributed by atoms with E-state index in [2.05, 4.69) is 16.0 Å². The number of nitrogens with zero attached hydrogens (tertiary/aromatic N) is 1. The van der Waals surface area contributed by atoms with Gasteiger partial charge >= 0.3 is 12.1 Å². The SMILES string of the molecule is CC(C)(C)OC(=O)[C@H](Cc1ccccc1)NC(=O)CCSSCCOC(=O)Nc1cccc2c1CN(C1CCC(=O)NC1=O)C2=O. The Kier molecular flexibility index (Phi) is 12.1. The number of hydrogen-bond donors (Lipinski definition) is 3. The number of benzene rings is 2. The van der Waals surface area contributed by atoms with Gasteiger partial charge in [0.1, 0.15) is 24.3 Å². The summed E-state index contributed by atoms with van der Waals surface area (Å²) in [7, 11) is 2.89. The topological polar surface area (TPSA) is 160 Å². The van der Waals surface area contributed by atoms with Gasteiger partial charge in [0, 0.05) is 54.1 Å². The summed E-state index contributed by atoms with van der Waals surface area (Å²) in [4.78, 5) is 76.1. The molecule has 0 saturated carbocycles. The number of carbonyl (C=O) groups excluding carboxylic acids is 6. The lowest BCUT2D eigenvalue weighted by Crippen LogP contribution is -2.52. The van der Waals surface area contributed by atoms with Gasteiger partial charge < -0.3 is 19.7 Å². The fourth-order valence-electron chi connectivity index (χ4n) is 4.95. The molecule has 0 aliphatic carbocycles. The predicted octanol–water partition coefficient (Wildman–Crippen LogP) is 3.84. The Balaban J connectivity index is 1.16. The summed E-state index contributed by atoms with van der Waals surface area (Å²) in [6.07, 6.45) is 0.234. The first-order valence-electron chi connectivity index (χ1n) is 14.9. The zero-order valence-corrected chi connectivity index (χ0v) is 27.6. The minimum atomic E-state index is -0.803. The molecule has 5 amide bonds. The fourth-order valence-corrected chi connectivity index (χ4v) is 6.77. The number of imide groups is 1. The number of fused-ring (bicyclic) bond motifs is 1. The second kappa shape index (κ2) is 16.0. The van der Waals surface area contributed by atoms with E-state index in [0.29, 0.717) is 34.7 Å². The van der Waals surface area contributed by atoms with Crippen LogP contribution in [0.15, 0.2) is 48.5 Å². The van der Waals surface area contributed by atoms with E-state index in [1.807, 2.05) is 30.3 Å². The Morgan fingerprint density at radius 1 is 1.02 bits per heavy atom. The number of rotatable bonds is 13. The molecule has 46 heavy (non-hydrogen) atoms. The minimum absolute atomic E-state index is 0.115. The number of hydrogen-bond acceptors (Lipinski definition) is 10. The van der Waals surface area contributed by atoms with E-state index in [1.54, 1.807) is 39.0 Å². The predicted molar refractivity (Wildman–Crippen MR) is 175 cm³/mol. The van der Waals surface area contributed by atoms with E-state index in [0.717, 1.165) is 5.56 Å². The molecule has 1 unspecified atom stereocenters. The first-order chi connectivity index (χ1) is 21.9. The second-order valence-corrected chi connectivity index (χ2v) is 14.4. The average Bonchev–Trinajstić information content (AvgIpc) is 3.32. The van der Waals surface area contributed by atoms with Gasteiger partial charge in [-0.15, -0.1) is 0 Å². The van der Waals surface area contributed by atoms with Crippen molar-refractivity contribution >= 4 is 63.0 Å². The number of carbonyl (C=O) groups is 6. The Labute approximate surface area is 275 Å². The molecule has 2 heterocycles. The van der Waals surface area contributed by atoms with Crippen LogP contribution in [-0.2, 0) is 41.6 Å². The van der Waals surface area contributed by atoms with E-state index in [-0.39, 0.29) is 50.1 Å². The van der Waals surface area contributed by atoms with Crippen molar-refractivity contribution in [1.29, 1.82) is 0 Å². The highest BCUT2D eigenvalue weighted by atomic mass is 33.1. The Hall–Kier alpha value is -4.04. The summed E-state index contributed by atoms with van der Waals surface area (Å²) in [6, 6.07) is 12.8. The maximum absolute atomic E-state index is 13.0. The third-order valence-corrected chi connectivity index (χ3v) is 9.39.